The molecule has 0 bridgehead atoms. The normalized spacial score (nSPS) is 17.9. The predicted octanol–water partition coefficient (Wildman–Crippen LogP) is 2.49. The van der Waals surface area contributed by atoms with Crippen LogP contribution < -0.4 is 5.32 Å². The van der Waals surface area contributed by atoms with Crippen LogP contribution in [0, 0.1) is 0 Å². The van der Waals surface area contributed by atoms with E-state index in [9.17, 15) is 4.79 Å². The Balaban J connectivity index is 0.00000176. The smallest absolute Gasteiger partial charge is 0.257 e. The number of halogens is 2. The molecular weight excluding hydrogens is 368 g/mol. The van der Waals surface area contributed by atoms with Gasteiger partial charge in [0.1, 0.15) is 0 Å². The summed E-state index contributed by atoms with van der Waals surface area (Å²) >= 11 is 3.41. The third-order valence-corrected chi connectivity index (χ3v) is 4.21. The van der Waals surface area contributed by atoms with Crippen molar-refractivity contribution in [3.05, 3.63) is 46.7 Å². The van der Waals surface area contributed by atoms with Crippen LogP contribution in [0.25, 0.3) is 5.69 Å². The lowest BCUT2D eigenvalue weighted by Gasteiger charge is -2.33. The van der Waals surface area contributed by atoms with Crippen LogP contribution >= 0.6 is 28.3 Å². The van der Waals surface area contributed by atoms with Gasteiger partial charge in [-0.15, -0.1) is 12.4 Å². The summed E-state index contributed by atoms with van der Waals surface area (Å²) in [5.41, 5.74) is 1.57. The average molecular weight is 386 g/mol. The van der Waals surface area contributed by atoms with Gasteiger partial charge in [0.05, 0.1) is 17.4 Å². The summed E-state index contributed by atoms with van der Waals surface area (Å²) < 4.78 is 2.75. The highest BCUT2D eigenvalue weighted by Crippen LogP contribution is 2.15. The van der Waals surface area contributed by atoms with Crippen LogP contribution in [-0.4, -0.2) is 46.3 Å². The number of rotatable bonds is 2. The van der Waals surface area contributed by atoms with Crippen LogP contribution in [0.15, 0.2) is 41.1 Å². The van der Waals surface area contributed by atoms with Gasteiger partial charge >= 0.3 is 0 Å². The predicted molar refractivity (Wildman–Crippen MR) is 91.9 cm³/mol. The summed E-state index contributed by atoms with van der Waals surface area (Å²) in [5.74, 6) is 0.0485. The molecule has 0 aliphatic carbocycles. The summed E-state index contributed by atoms with van der Waals surface area (Å²) in [6, 6.07) is 8.04. The van der Waals surface area contributed by atoms with Crippen LogP contribution in [0.1, 0.15) is 17.3 Å². The van der Waals surface area contributed by atoms with Crippen LogP contribution in [0.5, 0.6) is 0 Å². The van der Waals surface area contributed by atoms with Gasteiger partial charge in [-0.05, 0) is 31.2 Å². The maximum absolute atomic E-state index is 12.5. The van der Waals surface area contributed by atoms with Gasteiger partial charge in [0, 0.05) is 36.3 Å². The summed E-state index contributed by atoms with van der Waals surface area (Å²) in [5, 5.41) is 7.58. The van der Waals surface area contributed by atoms with Crippen molar-refractivity contribution in [2.24, 2.45) is 0 Å². The first-order chi connectivity index (χ1) is 10.1. The van der Waals surface area contributed by atoms with Gasteiger partial charge < -0.3 is 10.2 Å². The number of hydrogen-bond acceptors (Lipinski definition) is 3. The van der Waals surface area contributed by atoms with Crippen LogP contribution in [-0.2, 0) is 0 Å². The molecule has 1 atom stereocenters. The number of nitrogens with one attached hydrogen (secondary N) is 1. The highest BCUT2D eigenvalue weighted by atomic mass is 79.9. The number of hydrogen-bond donors (Lipinski definition) is 1. The largest absolute Gasteiger partial charge is 0.333 e. The maximum atomic E-state index is 12.5. The van der Waals surface area contributed by atoms with Gasteiger partial charge in [0.25, 0.3) is 5.91 Å². The van der Waals surface area contributed by atoms with E-state index in [2.05, 4.69) is 33.3 Å². The lowest BCUT2D eigenvalue weighted by Crippen LogP contribution is -2.52. The van der Waals surface area contributed by atoms with Gasteiger partial charge in [0.15, 0.2) is 0 Å². The molecule has 1 aliphatic rings. The van der Waals surface area contributed by atoms with Gasteiger partial charge in [-0.2, -0.15) is 5.10 Å². The fraction of sp³-hybridized carbons (Fsp3) is 0.333. The molecule has 5 nitrogen and oxygen atoms in total. The molecule has 0 spiro atoms. The van der Waals surface area contributed by atoms with Gasteiger partial charge in [-0.3, -0.25) is 4.79 Å². The molecule has 1 saturated heterocycles. The minimum absolute atomic E-state index is 0. The number of carbonyl (C=O) groups excluding carboxylic acids is 1. The first-order valence-corrected chi connectivity index (χ1v) is 7.77. The van der Waals surface area contributed by atoms with Crippen molar-refractivity contribution in [3.63, 3.8) is 0 Å². The lowest BCUT2D eigenvalue weighted by atomic mass is 10.2. The summed E-state index contributed by atoms with van der Waals surface area (Å²) in [6.45, 7) is 4.48. The van der Waals surface area contributed by atoms with E-state index >= 15 is 0 Å². The van der Waals surface area contributed by atoms with Crippen molar-refractivity contribution < 1.29 is 4.79 Å². The Kier molecular flexibility index (Phi) is 5.61. The number of carbonyl (C=O) groups is 1. The van der Waals surface area contributed by atoms with E-state index in [0.29, 0.717) is 5.56 Å². The topological polar surface area (TPSA) is 50.2 Å². The Morgan fingerprint density at radius 1 is 1.36 bits per heavy atom. The van der Waals surface area contributed by atoms with Crippen LogP contribution in [0.2, 0.25) is 0 Å². The Morgan fingerprint density at radius 2 is 2.09 bits per heavy atom. The third kappa shape index (κ3) is 3.51. The minimum Gasteiger partial charge on any atom is -0.333 e. The molecule has 2 heterocycles. The molecule has 2 aromatic rings. The fourth-order valence-corrected chi connectivity index (χ4v) is 2.74. The van der Waals surface area contributed by atoms with Crippen molar-refractivity contribution in [2.45, 2.75) is 13.0 Å². The summed E-state index contributed by atoms with van der Waals surface area (Å²) in [4.78, 5) is 14.4. The van der Waals surface area contributed by atoms with Crippen molar-refractivity contribution in [3.8, 4) is 5.69 Å². The Bertz CT molecular complexity index is 643. The molecule has 1 amide bonds. The molecule has 1 fully saturated rings. The van der Waals surface area contributed by atoms with Gasteiger partial charge in [-0.1, -0.05) is 15.9 Å². The fourth-order valence-electron chi connectivity index (χ4n) is 2.48. The van der Waals surface area contributed by atoms with Gasteiger partial charge in [0.2, 0.25) is 0 Å². The number of nitrogens with zero attached hydrogens (tertiary/aromatic N) is 3. The van der Waals surface area contributed by atoms with E-state index in [1.165, 1.54) is 0 Å². The monoisotopic (exact) mass is 384 g/mol. The number of aromatic nitrogens is 2. The molecule has 22 heavy (non-hydrogen) atoms. The molecule has 0 saturated carbocycles. The standard InChI is InChI=1S/C15H17BrN4O.ClH/c1-11-8-17-6-7-19(11)15(21)12-9-18-20(10-12)14-4-2-13(16)3-5-14;/h2-5,9-11,17H,6-8H2,1H3;1H/t11-;/m1./s1. The molecule has 3 rings (SSSR count). The molecule has 0 unspecified atom stereocenters. The zero-order valence-electron chi connectivity index (χ0n) is 12.2. The van der Waals surface area contributed by atoms with E-state index in [-0.39, 0.29) is 24.4 Å². The first kappa shape index (κ1) is 17.0. The summed E-state index contributed by atoms with van der Waals surface area (Å²) in [6.07, 6.45) is 3.43. The van der Waals surface area contributed by atoms with Gasteiger partial charge in [-0.25, -0.2) is 4.68 Å². The summed E-state index contributed by atoms with van der Waals surface area (Å²) in [7, 11) is 0. The number of piperazine rings is 1. The first-order valence-electron chi connectivity index (χ1n) is 6.97. The van der Waals surface area contributed by atoms with E-state index in [1.807, 2.05) is 29.2 Å². The minimum atomic E-state index is 0. The molecule has 1 N–H and O–H groups in total. The highest BCUT2D eigenvalue weighted by molar-refractivity contribution is 9.10. The van der Waals surface area contributed by atoms with Crippen molar-refractivity contribution in [1.29, 1.82) is 0 Å². The maximum Gasteiger partial charge on any atom is 0.257 e. The second-order valence-corrected chi connectivity index (χ2v) is 6.12. The molecule has 7 heteroatoms. The van der Waals surface area contributed by atoms with Crippen molar-refractivity contribution in [1.82, 2.24) is 20.0 Å². The second kappa shape index (κ2) is 7.26. The molecular formula is C15H18BrClN4O. The third-order valence-electron chi connectivity index (χ3n) is 3.68. The molecule has 1 aromatic carbocycles. The quantitative estimate of drug-likeness (QED) is 0.864. The second-order valence-electron chi connectivity index (χ2n) is 5.20. The van der Waals surface area contributed by atoms with E-state index in [4.69, 9.17) is 0 Å². The van der Waals surface area contributed by atoms with E-state index in [0.717, 1.165) is 29.8 Å². The highest BCUT2D eigenvalue weighted by Gasteiger charge is 2.24. The van der Waals surface area contributed by atoms with Crippen molar-refractivity contribution >= 4 is 34.2 Å². The van der Waals surface area contributed by atoms with E-state index < -0.39 is 0 Å². The SMILES string of the molecule is C[C@@H]1CNCCN1C(=O)c1cnn(-c2ccc(Br)cc2)c1.Cl. The Morgan fingerprint density at radius 3 is 2.77 bits per heavy atom. The average Bonchev–Trinajstić information content (AvgIpc) is 2.98. The molecule has 1 aliphatic heterocycles. The number of benzene rings is 1. The zero-order valence-corrected chi connectivity index (χ0v) is 14.6. The van der Waals surface area contributed by atoms with Crippen LogP contribution in [0.4, 0.5) is 0 Å². The number of amides is 1. The van der Waals surface area contributed by atoms with Crippen molar-refractivity contribution in [2.75, 3.05) is 19.6 Å². The molecule has 118 valence electrons. The zero-order chi connectivity index (χ0) is 14.8. The Hall–Kier alpha value is -1.37. The lowest BCUT2D eigenvalue weighted by molar-refractivity contribution is 0.0656. The van der Waals surface area contributed by atoms with E-state index in [1.54, 1.807) is 17.1 Å². The molecule has 1 aromatic heterocycles. The molecule has 0 radical (unpaired) electrons. The van der Waals surface area contributed by atoms with Crippen LogP contribution in [0.3, 0.4) is 0 Å². The Labute approximate surface area is 144 Å².